The Hall–Kier alpha value is -1.46. The first-order valence-electron chi connectivity index (χ1n) is 10.4. The molecule has 30 heavy (non-hydrogen) atoms. The van der Waals surface area contributed by atoms with Gasteiger partial charge in [-0.15, -0.1) is 24.8 Å². The SMILES string of the molecule is CCCCN1CCN(CCc2ccc(OC)c(OC)c2)CC1.Cl.Cl.c1ccccc1. The zero-order valence-electron chi connectivity index (χ0n) is 18.6. The molecule has 170 valence electrons. The highest BCUT2D eigenvalue weighted by Crippen LogP contribution is 2.27. The fourth-order valence-electron chi connectivity index (χ4n) is 3.33. The Kier molecular flexibility index (Phi) is 16.4. The van der Waals surface area contributed by atoms with E-state index in [0.29, 0.717) is 0 Å². The van der Waals surface area contributed by atoms with Crippen molar-refractivity contribution in [2.75, 3.05) is 53.5 Å². The number of nitrogens with zero attached hydrogens (tertiary/aromatic N) is 2. The zero-order chi connectivity index (χ0) is 20.0. The summed E-state index contributed by atoms with van der Waals surface area (Å²) in [7, 11) is 3.37. The first-order chi connectivity index (χ1) is 13.8. The molecule has 2 aromatic rings. The van der Waals surface area contributed by atoms with Crippen LogP contribution in [0.4, 0.5) is 0 Å². The zero-order valence-corrected chi connectivity index (χ0v) is 20.2. The molecule has 1 aliphatic rings. The number of rotatable bonds is 8. The molecule has 0 aliphatic carbocycles. The molecule has 0 saturated carbocycles. The minimum atomic E-state index is 0. The van der Waals surface area contributed by atoms with E-state index in [9.17, 15) is 0 Å². The number of methoxy groups -OCH3 is 2. The van der Waals surface area contributed by atoms with Gasteiger partial charge in [-0.2, -0.15) is 0 Å². The molecule has 0 bridgehead atoms. The van der Waals surface area contributed by atoms with Gasteiger partial charge >= 0.3 is 0 Å². The quantitative estimate of drug-likeness (QED) is 0.545. The standard InChI is InChI=1S/C18H30N2O2.C6H6.2ClH/c1-4-5-9-19-11-13-20(14-12-19)10-8-16-6-7-17(21-2)18(15-16)22-3;1-2-4-6-5-3-1;;/h6-7,15H,4-5,8-14H2,1-3H3;1-6H;2*1H. The third kappa shape index (κ3) is 10.5. The van der Waals surface area contributed by atoms with Crippen molar-refractivity contribution in [2.45, 2.75) is 26.2 Å². The second-order valence-electron chi connectivity index (χ2n) is 7.13. The molecule has 0 unspecified atom stereocenters. The van der Waals surface area contributed by atoms with Crippen molar-refractivity contribution < 1.29 is 9.47 Å². The Morgan fingerprint density at radius 1 is 0.733 bits per heavy atom. The molecule has 1 fully saturated rings. The fraction of sp³-hybridized carbons (Fsp3) is 0.500. The third-order valence-corrected chi connectivity index (χ3v) is 5.12. The highest BCUT2D eigenvalue weighted by molar-refractivity contribution is 5.85. The summed E-state index contributed by atoms with van der Waals surface area (Å²) in [5.41, 5.74) is 1.31. The van der Waals surface area contributed by atoms with E-state index in [1.165, 1.54) is 51.1 Å². The molecule has 1 saturated heterocycles. The Morgan fingerprint density at radius 2 is 1.23 bits per heavy atom. The van der Waals surface area contributed by atoms with Crippen molar-refractivity contribution >= 4 is 24.8 Å². The summed E-state index contributed by atoms with van der Waals surface area (Å²) < 4.78 is 10.7. The molecule has 0 N–H and O–H groups in total. The second-order valence-corrected chi connectivity index (χ2v) is 7.13. The van der Waals surface area contributed by atoms with E-state index in [1.54, 1.807) is 14.2 Å². The van der Waals surface area contributed by atoms with Gasteiger partial charge in [0, 0.05) is 32.7 Å². The summed E-state index contributed by atoms with van der Waals surface area (Å²) in [5, 5.41) is 0. The van der Waals surface area contributed by atoms with Crippen molar-refractivity contribution in [1.82, 2.24) is 9.80 Å². The van der Waals surface area contributed by atoms with E-state index in [0.717, 1.165) is 24.5 Å². The molecule has 0 amide bonds. The van der Waals surface area contributed by atoms with Crippen molar-refractivity contribution in [3.8, 4) is 11.5 Å². The average Bonchev–Trinajstić information content (AvgIpc) is 2.78. The molecule has 0 atom stereocenters. The minimum Gasteiger partial charge on any atom is -0.493 e. The van der Waals surface area contributed by atoms with Crippen molar-refractivity contribution in [1.29, 1.82) is 0 Å². The van der Waals surface area contributed by atoms with Crippen LogP contribution in [0.25, 0.3) is 0 Å². The van der Waals surface area contributed by atoms with Crippen LogP contribution < -0.4 is 9.47 Å². The lowest BCUT2D eigenvalue weighted by atomic mass is 10.1. The first kappa shape index (κ1) is 28.5. The lowest BCUT2D eigenvalue weighted by Gasteiger charge is -2.34. The van der Waals surface area contributed by atoms with Crippen LogP contribution in [-0.4, -0.2) is 63.3 Å². The lowest BCUT2D eigenvalue weighted by Crippen LogP contribution is -2.47. The predicted octanol–water partition coefficient (Wildman–Crippen LogP) is 5.19. The molecule has 4 nitrogen and oxygen atoms in total. The van der Waals surface area contributed by atoms with Gasteiger partial charge in [0.1, 0.15) is 0 Å². The van der Waals surface area contributed by atoms with Gasteiger partial charge in [0.25, 0.3) is 0 Å². The van der Waals surface area contributed by atoms with E-state index in [1.807, 2.05) is 42.5 Å². The van der Waals surface area contributed by atoms with Crippen LogP contribution >= 0.6 is 24.8 Å². The Morgan fingerprint density at radius 3 is 1.70 bits per heavy atom. The van der Waals surface area contributed by atoms with Crippen LogP contribution in [0, 0.1) is 0 Å². The number of unbranched alkanes of at least 4 members (excludes halogenated alkanes) is 1. The van der Waals surface area contributed by atoms with Crippen LogP contribution in [0.3, 0.4) is 0 Å². The minimum absolute atomic E-state index is 0. The summed E-state index contributed by atoms with van der Waals surface area (Å²) in [4.78, 5) is 5.16. The van der Waals surface area contributed by atoms with E-state index in [-0.39, 0.29) is 24.8 Å². The maximum absolute atomic E-state index is 5.37. The number of halogens is 2. The Balaban J connectivity index is 0.000000906. The van der Waals surface area contributed by atoms with Crippen LogP contribution in [0.1, 0.15) is 25.3 Å². The van der Waals surface area contributed by atoms with E-state index >= 15 is 0 Å². The number of hydrogen-bond donors (Lipinski definition) is 0. The number of benzene rings is 2. The van der Waals surface area contributed by atoms with Gasteiger partial charge < -0.3 is 19.3 Å². The molecular formula is C24H38Cl2N2O2. The topological polar surface area (TPSA) is 24.9 Å². The number of piperazine rings is 1. The largest absolute Gasteiger partial charge is 0.493 e. The average molecular weight is 457 g/mol. The highest BCUT2D eigenvalue weighted by atomic mass is 35.5. The normalized spacial score (nSPS) is 13.8. The monoisotopic (exact) mass is 456 g/mol. The van der Waals surface area contributed by atoms with Crippen molar-refractivity contribution in [2.24, 2.45) is 0 Å². The van der Waals surface area contributed by atoms with E-state index in [2.05, 4.69) is 28.9 Å². The summed E-state index contributed by atoms with van der Waals surface area (Å²) >= 11 is 0. The van der Waals surface area contributed by atoms with Gasteiger partial charge in [0.15, 0.2) is 11.5 Å². The molecule has 3 rings (SSSR count). The number of hydrogen-bond acceptors (Lipinski definition) is 4. The number of ether oxygens (including phenoxy) is 2. The predicted molar refractivity (Wildman–Crippen MR) is 132 cm³/mol. The van der Waals surface area contributed by atoms with Crippen molar-refractivity contribution in [3.63, 3.8) is 0 Å². The van der Waals surface area contributed by atoms with Gasteiger partial charge in [-0.25, -0.2) is 0 Å². The maximum Gasteiger partial charge on any atom is 0.160 e. The summed E-state index contributed by atoms with van der Waals surface area (Å²) in [6.45, 7) is 9.46. The van der Waals surface area contributed by atoms with Crippen LogP contribution in [0.5, 0.6) is 11.5 Å². The molecule has 1 heterocycles. The van der Waals surface area contributed by atoms with Gasteiger partial charge in [0.2, 0.25) is 0 Å². The van der Waals surface area contributed by atoms with Crippen LogP contribution in [0.2, 0.25) is 0 Å². The molecule has 1 aliphatic heterocycles. The fourth-order valence-corrected chi connectivity index (χ4v) is 3.33. The van der Waals surface area contributed by atoms with Gasteiger partial charge in [-0.05, 0) is 37.1 Å². The molecule has 0 spiro atoms. The highest BCUT2D eigenvalue weighted by Gasteiger charge is 2.16. The first-order valence-corrected chi connectivity index (χ1v) is 10.4. The second kappa shape index (κ2) is 17.2. The van der Waals surface area contributed by atoms with Crippen LogP contribution in [0.15, 0.2) is 54.6 Å². The van der Waals surface area contributed by atoms with Crippen molar-refractivity contribution in [3.05, 3.63) is 60.2 Å². The molecule has 0 aromatic heterocycles. The summed E-state index contributed by atoms with van der Waals surface area (Å²) in [6.07, 6.45) is 3.68. The Bertz CT molecular complexity index is 624. The van der Waals surface area contributed by atoms with Gasteiger partial charge in [-0.1, -0.05) is 55.8 Å². The summed E-state index contributed by atoms with van der Waals surface area (Å²) in [6, 6.07) is 18.2. The van der Waals surface area contributed by atoms with Crippen LogP contribution in [-0.2, 0) is 6.42 Å². The lowest BCUT2D eigenvalue weighted by molar-refractivity contribution is 0.132. The van der Waals surface area contributed by atoms with Gasteiger partial charge in [0.05, 0.1) is 14.2 Å². The maximum atomic E-state index is 5.37. The van der Waals surface area contributed by atoms with E-state index in [4.69, 9.17) is 9.47 Å². The molecular weight excluding hydrogens is 419 g/mol. The van der Waals surface area contributed by atoms with E-state index < -0.39 is 0 Å². The Labute approximate surface area is 195 Å². The van der Waals surface area contributed by atoms with Gasteiger partial charge in [-0.3, -0.25) is 0 Å². The summed E-state index contributed by atoms with van der Waals surface area (Å²) in [5.74, 6) is 1.63. The molecule has 2 aromatic carbocycles. The smallest absolute Gasteiger partial charge is 0.160 e. The molecule has 0 radical (unpaired) electrons. The third-order valence-electron chi connectivity index (χ3n) is 5.12. The molecule has 6 heteroatoms.